The molecular weight excluding hydrogens is 420 g/mol. The number of aromatic amines is 1. The van der Waals surface area contributed by atoms with Gasteiger partial charge in [0.05, 0.1) is 9.82 Å². The zero-order chi connectivity index (χ0) is 22.8. The van der Waals surface area contributed by atoms with Crippen molar-refractivity contribution in [2.45, 2.75) is 31.1 Å². The number of nitrogens with one attached hydrogen (secondary N) is 3. The molecule has 3 rings (SSSR count). The maximum absolute atomic E-state index is 12.4. The third-order valence-corrected chi connectivity index (χ3v) is 6.23. The first kappa shape index (κ1) is 22.4. The topological polar surface area (TPSA) is 134 Å². The van der Waals surface area contributed by atoms with Crippen LogP contribution < -0.4 is 10.0 Å². The van der Waals surface area contributed by atoms with E-state index in [1.165, 1.54) is 18.2 Å². The number of amides is 1. The van der Waals surface area contributed by atoms with Gasteiger partial charge in [0.15, 0.2) is 0 Å². The molecule has 0 atom stereocenters. The highest BCUT2D eigenvalue weighted by atomic mass is 32.2. The van der Waals surface area contributed by atoms with E-state index in [0.29, 0.717) is 5.69 Å². The number of aromatic nitrogens is 1. The van der Waals surface area contributed by atoms with Gasteiger partial charge in [0.1, 0.15) is 5.69 Å². The third kappa shape index (κ3) is 5.28. The van der Waals surface area contributed by atoms with E-state index in [1.54, 1.807) is 6.07 Å². The first-order valence-corrected chi connectivity index (χ1v) is 11.1. The van der Waals surface area contributed by atoms with E-state index in [2.05, 4.69) is 35.8 Å². The third-order valence-electron chi connectivity index (χ3n) is 4.77. The fraction of sp³-hybridized carbons (Fsp3) is 0.286. The predicted octanol–water partition coefficient (Wildman–Crippen LogP) is 3.08. The van der Waals surface area contributed by atoms with Crippen LogP contribution in [0.15, 0.2) is 53.4 Å². The normalized spacial score (nSPS) is 12.1. The maximum Gasteiger partial charge on any atom is 0.270 e. The molecule has 0 spiro atoms. The summed E-state index contributed by atoms with van der Waals surface area (Å²) in [7, 11) is -3.93. The molecule has 0 saturated heterocycles. The van der Waals surface area contributed by atoms with Crippen molar-refractivity contribution in [2.24, 2.45) is 0 Å². The Hall–Kier alpha value is -3.24. The van der Waals surface area contributed by atoms with Crippen LogP contribution in [0.2, 0.25) is 0 Å². The second-order valence-corrected chi connectivity index (χ2v) is 9.91. The van der Waals surface area contributed by atoms with Crippen LogP contribution in [0.3, 0.4) is 0 Å². The van der Waals surface area contributed by atoms with E-state index in [-0.39, 0.29) is 35.0 Å². The van der Waals surface area contributed by atoms with Gasteiger partial charge in [-0.2, -0.15) is 0 Å². The molecule has 0 fully saturated rings. The lowest BCUT2D eigenvalue weighted by Gasteiger charge is -2.18. The van der Waals surface area contributed by atoms with Crippen molar-refractivity contribution in [1.82, 2.24) is 15.0 Å². The summed E-state index contributed by atoms with van der Waals surface area (Å²) in [5, 5.41) is 14.4. The fourth-order valence-corrected chi connectivity index (χ4v) is 4.09. The lowest BCUT2D eigenvalue weighted by molar-refractivity contribution is -0.385. The van der Waals surface area contributed by atoms with Crippen LogP contribution >= 0.6 is 0 Å². The molecule has 1 heterocycles. The number of carbonyl (C=O) groups excluding carboxylic acids is 1. The molecule has 10 heteroatoms. The van der Waals surface area contributed by atoms with Crippen molar-refractivity contribution in [3.8, 4) is 0 Å². The van der Waals surface area contributed by atoms with Crippen molar-refractivity contribution in [3.05, 3.63) is 69.9 Å². The zero-order valence-corrected chi connectivity index (χ0v) is 18.2. The molecule has 3 N–H and O–H groups in total. The smallest absolute Gasteiger partial charge is 0.270 e. The summed E-state index contributed by atoms with van der Waals surface area (Å²) < 4.78 is 26.9. The summed E-state index contributed by atoms with van der Waals surface area (Å²) in [6, 6.07) is 12.5. The highest BCUT2D eigenvalue weighted by molar-refractivity contribution is 7.89. The van der Waals surface area contributed by atoms with E-state index < -0.39 is 14.9 Å². The molecule has 1 amide bonds. The Labute approximate surface area is 180 Å². The van der Waals surface area contributed by atoms with Crippen molar-refractivity contribution in [3.63, 3.8) is 0 Å². The fourth-order valence-electron chi connectivity index (χ4n) is 3.02. The Morgan fingerprint density at radius 3 is 2.52 bits per heavy atom. The summed E-state index contributed by atoms with van der Waals surface area (Å²) in [5.41, 5.74) is 2.04. The number of hydrogen-bond acceptors (Lipinski definition) is 5. The number of sulfonamides is 1. The van der Waals surface area contributed by atoms with Crippen molar-refractivity contribution in [1.29, 1.82) is 0 Å². The van der Waals surface area contributed by atoms with Crippen LogP contribution in [-0.4, -0.2) is 37.3 Å². The number of hydrogen-bond donors (Lipinski definition) is 3. The molecule has 0 aliphatic heterocycles. The Kier molecular flexibility index (Phi) is 6.14. The van der Waals surface area contributed by atoms with Gasteiger partial charge < -0.3 is 10.3 Å². The van der Waals surface area contributed by atoms with E-state index in [9.17, 15) is 23.3 Å². The van der Waals surface area contributed by atoms with Crippen LogP contribution in [0.25, 0.3) is 10.9 Å². The molecule has 0 unspecified atom stereocenters. The SMILES string of the molecule is CC(C)(C)c1ccc2cc(C(=O)NCCNS(=O)(=O)c3cccc([N+](=O)[O-])c3)[nH]c2c1. The second-order valence-electron chi connectivity index (χ2n) is 8.14. The second kappa shape index (κ2) is 8.48. The highest BCUT2D eigenvalue weighted by Crippen LogP contribution is 2.26. The van der Waals surface area contributed by atoms with Gasteiger partial charge in [-0.05, 0) is 29.2 Å². The number of fused-ring (bicyclic) bond motifs is 1. The summed E-state index contributed by atoms with van der Waals surface area (Å²) in [6.07, 6.45) is 0. The summed E-state index contributed by atoms with van der Waals surface area (Å²) >= 11 is 0. The van der Waals surface area contributed by atoms with Gasteiger partial charge in [-0.1, -0.05) is 39.0 Å². The first-order chi connectivity index (χ1) is 14.5. The van der Waals surface area contributed by atoms with Crippen LogP contribution in [0, 0.1) is 10.1 Å². The van der Waals surface area contributed by atoms with E-state index in [1.807, 2.05) is 18.2 Å². The number of H-pyrrole nitrogens is 1. The summed E-state index contributed by atoms with van der Waals surface area (Å²) in [6.45, 7) is 6.32. The van der Waals surface area contributed by atoms with Gasteiger partial charge in [0, 0.05) is 36.1 Å². The predicted molar refractivity (Wildman–Crippen MR) is 118 cm³/mol. The molecular formula is C21H24N4O5S. The van der Waals surface area contributed by atoms with Gasteiger partial charge in [0.2, 0.25) is 10.0 Å². The average Bonchev–Trinajstić information content (AvgIpc) is 3.14. The molecule has 0 aliphatic rings. The van der Waals surface area contributed by atoms with Gasteiger partial charge in [-0.25, -0.2) is 13.1 Å². The van der Waals surface area contributed by atoms with Crippen LogP contribution in [0.5, 0.6) is 0 Å². The number of non-ortho nitro benzene ring substituents is 1. The van der Waals surface area contributed by atoms with Crippen LogP contribution in [-0.2, 0) is 15.4 Å². The molecule has 1 aromatic heterocycles. The van der Waals surface area contributed by atoms with Crippen molar-refractivity contribution >= 4 is 32.5 Å². The Morgan fingerprint density at radius 1 is 1.10 bits per heavy atom. The number of benzene rings is 2. The molecule has 0 saturated carbocycles. The summed E-state index contributed by atoms with van der Waals surface area (Å²) in [4.78, 5) is 25.5. The largest absolute Gasteiger partial charge is 0.351 e. The van der Waals surface area contributed by atoms with Crippen molar-refractivity contribution in [2.75, 3.05) is 13.1 Å². The van der Waals surface area contributed by atoms with Crippen LogP contribution in [0.1, 0.15) is 36.8 Å². The lowest BCUT2D eigenvalue weighted by atomic mass is 9.87. The summed E-state index contributed by atoms with van der Waals surface area (Å²) in [5.74, 6) is -0.358. The number of nitrogens with zero attached hydrogens (tertiary/aromatic N) is 1. The molecule has 0 aliphatic carbocycles. The number of carbonyl (C=O) groups is 1. The Morgan fingerprint density at radius 2 is 1.84 bits per heavy atom. The van der Waals surface area contributed by atoms with E-state index in [0.717, 1.165) is 22.5 Å². The molecule has 31 heavy (non-hydrogen) atoms. The van der Waals surface area contributed by atoms with Gasteiger partial charge in [0.25, 0.3) is 11.6 Å². The van der Waals surface area contributed by atoms with Gasteiger partial charge in [-0.15, -0.1) is 0 Å². The van der Waals surface area contributed by atoms with Crippen LogP contribution in [0.4, 0.5) is 5.69 Å². The molecule has 0 bridgehead atoms. The minimum atomic E-state index is -3.93. The molecule has 0 radical (unpaired) electrons. The van der Waals surface area contributed by atoms with Gasteiger partial charge in [-0.3, -0.25) is 14.9 Å². The van der Waals surface area contributed by atoms with Crippen molar-refractivity contribution < 1.29 is 18.1 Å². The monoisotopic (exact) mass is 444 g/mol. The van der Waals surface area contributed by atoms with Gasteiger partial charge >= 0.3 is 0 Å². The van der Waals surface area contributed by atoms with E-state index >= 15 is 0 Å². The standard InChI is InChI=1S/C21H24N4O5S/c1-21(2,3)15-8-7-14-11-19(24-18(14)12-15)20(26)22-9-10-23-31(29,30)17-6-4-5-16(13-17)25(27)28/h4-8,11-13,23-24H,9-10H2,1-3H3,(H,22,26). The lowest BCUT2D eigenvalue weighted by Crippen LogP contribution is -2.34. The minimum Gasteiger partial charge on any atom is -0.351 e. The Bertz CT molecular complexity index is 1240. The zero-order valence-electron chi connectivity index (χ0n) is 17.4. The highest BCUT2D eigenvalue weighted by Gasteiger charge is 2.18. The quantitative estimate of drug-likeness (QED) is 0.292. The Balaban J connectivity index is 1.60. The average molecular weight is 445 g/mol. The first-order valence-electron chi connectivity index (χ1n) is 9.63. The van der Waals surface area contributed by atoms with E-state index in [4.69, 9.17) is 0 Å². The number of rotatable bonds is 7. The minimum absolute atomic E-state index is 0.0158. The molecule has 2 aromatic carbocycles. The maximum atomic E-state index is 12.4. The molecule has 164 valence electrons. The molecule has 3 aromatic rings. The number of nitro groups is 1. The molecule has 9 nitrogen and oxygen atoms in total. The number of nitro benzene ring substituents is 1.